The number of rotatable bonds is 4. The number of piperidine rings is 1. The molecule has 0 unspecified atom stereocenters. The van der Waals surface area contributed by atoms with Crippen molar-refractivity contribution in [3.8, 4) is 0 Å². The van der Waals surface area contributed by atoms with Crippen molar-refractivity contribution in [1.82, 2.24) is 4.31 Å². The smallest absolute Gasteiger partial charge is 0.256 e. The maximum Gasteiger partial charge on any atom is 0.256 e. The SMILES string of the molecule is Cc1ccc(S(=O)(=O)N2CCC(C)CC2)cc1C(=O)Nc1ccc(Br)cc1F. The first-order chi connectivity index (χ1) is 13.2. The predicted octanol–water partition coefficient (Wildman–Crippen LogP) is 4.57. The summed E-state index contributed by atoms with van der Waals surface area (Å²) in [5, 5.41) is 2.52. The Hall–Kier alpha value is -1.77. The molecule has 0 aliphatic carbocycles. The van der Waals surface area contributed by atoms with E-state index in [9.17, 15) is 17.6 Å². The molecule has 1 fully saturated rings. The van der Waals surface area contributed by atoms with Crippen LogP contribution in [0.5, 0.6) is 0 Å². The van der Waals surface area contributed by atoms with Crippen LogP contribution in [0.1, 0.15) is 35.7 Å². The average Bonchev–Trinajstić information content (AvgIpc) is 2.64. The van der Waals surface area contributed by atoms with Gasteiger partial charge in [0.15, 0.2) is 0 Å². The van der Waals surface area contributed by atoms with Crippen molar-refractivity contribution in [2.75, 3.05) is 18.4 Å². The summed E-state index contributed by atoms with van der Waals surface area (Å²) >= 11 is 3.17. The number of sulfonamides is 1. The van der Waals surface area contributed by atoms with E-state index in [0.29, 0.717) is 29.0 Å². The van der Waals surface area contributed by atoms with Crippen molar-refractivity contribution in [3.63, 3.8) is 0 Å². The number of hydrogen-bond donors (Lipinski definition) is 1. The zero-order valence-corrected chi connectivity index (χ0v) is 18.1. The second kappa shape index (κ2) is 8.31. The number of hydrogen-bond acceptors (Lipinski definition) is 3. The molecule has 1 amide bonds. The third-order valence-electron chi connectivity index (χ3n) is 5.01. The van der Waals surface area contributed by atoms with Crippen LogP contribution in [0.2, 0.25) is 0 Å². The number of carbonyl (C=O) groups excluding carboxylic acids is 1. The summed E-state index contributed by atoms with van der Waals surface area (Å²) in [7, 11) is -3.67. The van der Waals surface area contributed by atoms with E-state index in [1.54, 1.807) is 19.1 Å². The van der Waals surface area contributed by atoms with Gasteiger partial charge in [0.05, 0.1) is 10.6 Å². The molecule has 1 aliphatic heterocycles. The van der Waals surface area contributed by atoms with Gasteiger partial charge in [-0.3, -0.25) is 4.79 Å². The van der Waals surface area contributed by atoms with E-state index in [0.717, 1.165) is 12.8 Å². The molecular formula is C20H22BrFN2O3S. The number of nitrogens with one attached hydrogen (secondary N) is 1. The molecule has 1 heterocycles. The standard InChI is InChI=1S/C20H22BrFN2O3S/c1-13-7-9-24(10-8-13)28(26,27)16-5-3-14(2)17(12-16)20(25)23-19-6-4-15(21)11-18(19)22/h3-6,11-13H,7-10H2,1-2H3,(H,23,25). The van der Waals surface area contributed by atoms with E-state index in [1.165, 1.54) is 28.6 Å². The molecule has 0 atom stereocenters. The highest BCUT2D eigenvalue weighted by molar-refractivity contribution is 9.10. The maximum atomic E-state index is 14.0. The van der Waals surface area contributed by atoms with Crippen LogP contribution in [-0.2, 0) is 10.0 Å². The summed E-state index contributed by atoms with van der Waals surface area (Å²) in [6.45, 7) is 4.78. The Kier molecular flexibility index (Phi) is 6.21. The second-order valence-electron chi connectivity index (χ2n) is 7.14. The van der Waals surface area contributed by atoms with Crippen molar-refractivity contribution in [2.45, 2.75) is 31.6 Å². The Morgan fingerprint density at radius 2 is 1.86 bits per heavy atom. The summed E-state index contributed by atoms with van der Waals surface area (Å²) in [4.78, 5) is 12.8. The third-order valence-corrected chi connectivity index (χ3v) is 7.40. The fraction of sp³-hybridized carbons (Fsp3) is 0.350. The molecule has 8 heteroatoms. The van der Waals surface area contributed by atoms with Gasteiger partial charge in [0.1, 0.15) is 5.82 Å². The predicted molar refractivity (Wildman–Crippen MR) is 110 cm³/mol. The summed E-state index contributed by atoms with van der Waals surface area (Å²) in [5.74, 6) is -0.624. The Bertz CT molecular complexity index is 1000. The summed E-state index contributed by atoms with van der Waals surface area (Å²) in [6.07, 6.45) is 1.64. The van der Waals surface area contributed by atoms with Gasteiger partial charge in [-0.2, -0.15) is 4.31 Å². The second-order valence-corrected chi connectivity index (χ2v) is 10.00. The fourth-order valence-electron chi connectivity index (χ4n) is 3.16. The first-order valence-electron chi connectivity index (χ1n) is 9.05. The van der Waals surface area contributed by atoms with Crippen molar-refractivity contribution < 1.29 is 17.6 Å². The molecule has 28 heavy (non-hydrogen) atoms. The van der Waals surface area contributed by atoms with E-state index in [1.807, 2.05) is 0 Å². The first kappa shape index (κ1) is 21.0. The van der Waals surface area contributed by atoms with Crippen LogP contribution in [0.15, 0.2) is 45.8 Å². The number of carbonyl (C=O) groups is 1. The van der Waals surface area contributed by atoms with E-state index in [-0.39, 0.29) is 16.1 Å². The van der Waals surface area contributed by atoms with Gasteiger partial charge in [-0.15, -0.1) is 0 Å². The van der Waals surface area contributed by atoms with Crippen molar-refractivity contribution >= 4 is 37.5 Å². The van der Waals surface area contributed by atoms with Gasteiger partial charge in [-0.25, -0.2) is 12.8 Å². The van der Waals surface area contributed by atoms with E-state index in [2.05, 4.69) is 28.2 Å². The molecule has 0 radical (unpaired) electrons. The monoisotopic (exact) mass is 468 g/mol. The lowest BCUT2D eigenvalue weighted by molar-refractivity contribution is 0.102. The molecule has 0 bridgehead atoms. The van der Waals surface area contributed by atoms with Crippen LogP contribution in [0.3, 0.4) is 0 Å². The molecular weight excluding hydrogens is 447 g/mol. The van der Waals surface area contributed by atoms with E-state index < -0.39 is 21.7 Å². The van der Waals surface area contributed by atoms with Crippen LogP contribution in [0.4, 0.5) is 10.1 Å². The minimum Gasteiger partial charge on any atom is -0.319 e. The third kappa shape index (κ3) is 4.45. The highest BCUT2D eigenvalue weighted by atomic mass is 79.9. The van der Waals surface area contributed by atoms with Crippen LogP contribution < -0.4 is 5.32 Å². The molecule has 0 saturated carbocycles. The van der Waals surface area contributed by atoms with Crippen LogP contribution in [0, 0.1) is 18.7 Å². The van der Waals surface area contributed by atoms with Gasteiger partial charge >= 0.3 is 0 Å². The largest absolute Gasteiger partial charge is 0.319 e. The average molecular weight is 469 g/mol. The first-order valence-corrected chi connectivity index (χ1v) is 11.3. The topological polar surface area (TPSA) is 66.5 Å². The molecule has 3 rings (SSSR count). The molecule has 0 spiro atoms. The maximum absolute atomic E-state index is 14.0. The lowest BCUT2D eigenvalue weighted by Gasteiger charge is -2.29. The molecule has 2 aromatic rings. The number of benzene rings is 2. The molecule has 1 aliphatic rings. The lowest BCUT2D eigenvalue weighted by atomic mass is 10.0. The highest BCUT2D eigenvalue weighted by Crippen LogP contribution is 2.26. The fourth-order valence-corrected chi connectivity index (χ4v) is 4.99. The molecule has 150 valence electrons. The Morgan fingerprint density at radius 3 is 2.50 bits per heavy atom. The Balaban J connectivity index is 1.87. The van der Waals surface area contributed by atoms with E-state index >= 15 is 0 Å². The summed E-state index contributed by atoms with van der Waals surface area (Å²) < 4.78 is 42.0. The zero-order valence-electron chi connectivity index (χ0n) is 15.7. The van der Waals surface area contributed by atoms with Gasteiger partial charge in [0, 0.05) is 23.1 Å². The summed E-state index contributed by atoms with van der Waals surface area (Å²) in [6, 6.07) is 8.80. The number of nitrogens with zero attached hydrogens (tertiary/aromatic N) is 1. The minimum atomic E-state index is -3.67. The van der Waals surface area contributed by atoms with Gasteiger partial charge in [0.25, 0.3) is 5.91 Å². The Morgan fingerprint density at radius 1 is 1.18 bits per heavy atom. The Labute approximate surface area is 173 Å². The minimum absolute atomic E-state index is 0.0332. The van der Waals surface area contributed by atoms with Gasteiger partial charge in [0.2, 0.25) is 10.0 Å². The van der Waals surface area contributed by atoms with Gasteiger partial charge in [-0.05, 0) is 61.6 Å². The molecule has 1 saturated heterocycles. The quantitative estimate of drug-likeness (QED) is 0.714. The highest BCUT2D eigenvalue weighted by Gasteiger charge is 2.29. The number of amides is 1. The number of aryl methyl sites for hydroxylation is 1. The zero-order chi connectivity index (χ0) is 20.5. The van der Waals surface area contributed by atoms with Crippen molar-refractivity contribution in [3.05, 3.63) is 57.8 Å². The molecule has 1 N–H and O–H groups in total. The molecule has 5 nitrogen and oxygen atoms in total. The van der Waals surface area contributed by atoms with Crippen LogP contribution in [-0.4, -0.2) is 31.7 Å². The van der Waals surface area contributed by atoms with Gasteiger partial charge in [-0.1, -0.05) is 28.9 Å². The van der Waals surface area contributed by atoms with Crippen LogP contribution in [0.25, 0.3) is 0 Å². The van der Waals surface area contributed by atoms with Crippen LogP contribution >= 0.6 is 15.9 Å². The van der Waals surface area contributed by atoms with Gasteiger partial charge < -0.3 is 5.32 Å². The number of anilines is 1. The normalized spacial score (nSPS) is 16.1. The van der Waals surface area contributed by atoms with Crippen molar-refractivity contribution in [2.24, 2.45) is 5.92 Å². The molecule has 0 aromatic heterocycles. The van der Waals surface area contributed by atoms with E-state index in [4.69, 9.17) is 0 Å². The molecule has 2 aromatic carbocycles. The lowest BCUT2D eigenvalue weighted by Crippen LogP contribution is -2.38. The summed E-state index contributed by atoms with van der Waals surface area (Å²) in [5.41, 5.74) is 0.848. The number of halogens is 2. The van der Waals surface area contributed by atoms with Crippen molar-refractivity contribution in [1.29, 1.82) is 0 Å².